The van der Waals surface area contributed by atoms with Crippen molar-refractivity contribution in [2.45, 2.75) is 51.0 Å². The van der Waals surface area contributed by atoms with Crippen LogP contribution in [0.25, 0.3) is 0 Å². The van der Waals surface area contributed by atoms with Gasteiger partial charge in [-0.15, -0.1) is 0 Å². The SMILES string of the molecule is COC(C)(CC1CC1)CC1CC1. The third-order valence-electron chi connectivity index (χ3n) is 3.33. The van der Waals surface area contributed by atoms with E-state index in [0.29, 0.717) is 0 Å². The molecule has 0 heterocycles. The number of hydrogen-bond donors (Lipinski definition) is 0. The summed E-state index contributed by atoms with van der Waals surface area (Å²) >= 11 is 0. The van der Waals surface area contributed by atoms with Crippen molar-refractivity contribution in [2.24, 2.45) is 11.8 Å². The van der Waals surface area contributed by atoms with Gasteiger partial charge in [-0.05, 0) is 31.6 Å². The van der Waals surface area contributed by atoms with Gasteiger partial charge in [0.2, 0.25) is 0 Å². The molecule has 2 fully saturated rings. The minimum absolute atomic E-state index is 0.211. The molecule has 1 heteroatoms. The Morgan fingerprint density at radius 2 is 1.50 bits per heavy atom. The summed E-state index contributed by atoms with van der Waals surface area (Å²) in [5.41, 5.74) is 0.211. The van der Waals surface area contributed by atoms with Gasteiger partial charge in [0.15, 0.2) is 0 Å². The predicted octanol–water partition coefficient (Wildman–Crippen LogP) is 2.99. The molecule has 0 spiro atoms. The largest absolute Gasteiger partial charge is 0.379 e. The van der Waals surface area contributed by atoms with Crippen molar-refractivity contribution in [2.75, 3.05) is 7.11 Å². The Labute approximate surface area is 75.5 Å². The van der Waals surface area contributed by atoms with Gasteiger partial charge < -0.3 is 4.74 Å². The molecule has 0 unspecified atom stereocenters. The van der Waals surface area contributed by atoms with E-state index in [4.69, 9.17) is 4.74 Å². The van der Waals surface area contributed by atoms with E-state index >= 15 is 0 Å². The molecule has 2 saturated carbocycles. The Morgan fingerprint density at radius 3 is 1.75 bits per heavy atom. The molecule has 12 heavy (non-hydrogen) atoms. The zero-order valence-corrected chi connectivity index (χ0v) is 8.31. The van der Waals surface area contributed by atoms with Crippen molar-refractivity contribution >= 4 is 0 Å². The maximum absolute atomic E-state index is 5.64. The normalized spacial score (nSPS) is 24.5. The maximum Gasteiger partial charge on any atom is 0.0656 e. The first-order chi connectivity index (χ1) is 5.72. The molecule has 2 aliphatic carbocycles. The Morgan fingerprint density at radius 1 is 1.08 bits per heavy atom. The zero-order chi connectivity index (χ0) is 8.60. The molecule has 0 bridgehead atoms. The summed E-state index contributed by atoms with van der Waals surface area (Å²) < 4.78 is 5.64. The quantitative estimate of drug-likeness (QED) is 0.613. The molecule has 0 amide bonds. The summed E-state index contributed by atoms with van der Waals surface area (Å²) in [5.74, 6) is 1.99. The second-order valence-electron chi connectivity index (χ2n) is 4.95. The zero-order valence-electron chi connectivity index (χ0n) is 8.31. The molecule has 1 nitrogen and oxygen atoms in total. The Kier molecular flexibility index (Phi) is 2.16. The van der Waals surface area contributed by atoms with E-state index in [-0.39, 0.29) is 5.60 Å². The van der Waals surface area contributed by atoms with Gasteiger partial charge in [-0.2, -0.15) is 0 Å². The van der Waals surface area contributed by atoms with E-state index in [1.54, 1.807) is 0 Å². The molecular weight excluding hydrogens is 148 g/mol. The van der Waals surface area contributed by atoms with Gasteiger partial charge >= 0.3 is 0 Å². The average Bonchev–Trinajstić information content (AvgIpc) is 2.85. The lowest BCUT2D eigenvalue weighted by Crippen LogP contribution is -2.28. The van der Waals surface area contributed by atoms with Crippen LogP contribution in [-0.2, 0) is 4.74 Å². The van der Waals surface area contributed by atoms with Crippen LogP contribution in [0.3, 0.4) is 0 Å². The Balaban J connectivity index is 1.81. The van der Waals surface area contributed by atoms with Crippen LogP contribution in [0, 0.1) is 11.8 Å². The number of rotatable bonds is 5. The molecule has 70 valence electrons. The highest BCUT2D eigenvalue weighted by Crippen LogP contribution is 2.44. The van der Waals surface area contributed by atoms with Gasteiger partial charge in [0, 0.05) is 7.11 Å². The topological polar surface area (TPSA) is 9.23 Å². The third kappa shape index (κ3) is 2.22. The molecule has 0 aromatic rings. The van der Waals surface area contributed by atoms with Crippen molar-refractivity contribution in [3.8, 4) is 0 Å². The summed E-state index contributed by atoms with van der Waals surface area (Å²) in [4.78, 5) is 0. The van der Waals surface area contributed by atoms with Crippen LogP contribution in [0.5, 0.6) is 0 Å². The van der Waals surface area contributed by atoms with Crippen molar-refractivity contribution in [1.82, 2.24) is 0 Å². The van der Waals surface area contributed by atoms with E-state index in [1.165, 1.54) is 38.5 Å². The monoisotopic (exact) mass is 168 g/mol. The molecule has 0 aliphatic heterocycles. The van der Waals surface area contributed by atoms with Crippen LogP contribution in [0.15, 0.2) is 0 Å². The smallest absolute Gasteiger partial charge is 0.0656 e. The van der Waals surface area contributed by atoms with Crippen molar-refractivity contribution in [1.29, 1.82) is 0 Å². The van der Waals surface area contributed by atoms with Gasteiger partial charge in [0.25, 0.3) is 0 Å². The fourth-order valence-corrected chi connectivity index (χ4v) is 2.12. The second kappa shape index (κ2) is 3.02. The van der Waals surface area contributed by atoms with E-state index < -0.39 is 0 Å². The van der Waals surface area contributed by atoms with E-state index in [1.807, 2.05) is 7.11 Å². The van der Waals surface area contributed by atoms with Crippen LogP contribution in [0.4, 0.5) is 0 Å². The fourth-order valence-electron chi connectivity index (χ4n) is 2.12. The summed E-state index contributed by atoms with van der Waals surface area (Å²) in [6.07, 6.45) is 8.40. The molecule has 0 aromatic heterocycles. The minimum atomic E-state index is 0.211. The molecule has 0 aromatic carbocycles. The molecule has 2 aliphatic rings. The number of methoxy groups -OCH3 is 1. The van der Waals surface area contributed by atoms with Crippen LogP contribution in [0.1, 0.15) is 45.4 Å². The predicted molar refractivity (Wildman–Crippen MR) is 50.1 cm³/mol. The highest BCUT2D eigenvalue weighted by atomic mass is 16.5. The Hall–Kier alpha value is -0.0400. The highest BCUT2D eigenvalue weighted by Gasteiger charge is 2.37. The fraction of sp³-hybridized carbons (Fsp3) is 1.00. The van der Waals surface area contributed by atoms with E-state index in [2.05, 4.69) is 6.92 Å². The van der Waals surface area contributed by atoms with Crippen LogP contribution >= 0.6 is 0 Å². The summed E-state index contributed by atoms with van der Waals surface area (Å²) in [5, 5.41) is 0. The molecule has 0 atom stereocenters. The van der Waals surface area contributed by atoms with Gasteiger partial charge in [-0.1, -0.05) is 25.7 Å². The lowest BCUT2D eigenvalue weighted by molar-refractivity contribution is -0.0169. The standard InChI is InChI=1S/C11H20O/c1-11(12-2,7-9-3-4-9)8-10-5-6-10/h9-10H,3-8H2,1-2H3. The highest BCUT2D eigenvalue weighted by molar-refractivity contribution is 4.89. The third-order valence-corrected chi connectivity index (χ3v) is 3.33. The summed E-state index contributed by atoms with van der Waals surface area (Å²) in [6.45, 7) is 2.30. The van der Waals surface area contributed by atoms with Crippen molar-refractivity contribution in [3.63, 3.8) is 0 Å². The average molecular weight is 168 g/mol. The molecule has 2 rings (SSSR count). The summed E-state index contributed by atoms with van der Waals surface area (Å²) in [6, 6.07) is 0. The van der Waals surface area contributed by atoms with Crippen LogP contribution < -0.4 is 0 Å². The minimum Gasteiger partial charge on any atom is -0.379 e. The van der Waals surface area contributed by atoms with Crippen molar-refractivity contribution in [3.05, 3.63) is 0 Å². The lowest BCUT2D eigenvalue weighted by Gasteiger charge is -2.28. The van der Waals surface area contributed by atoms with Crippen molar-refractivity contribution < 1.29 is 4.74 Å². The second-order valence-corrected chi connectivity index (χ2v) is 4.95. The number of hydrogen-bond acceptors (Lipinski definition) is 1. The molecule has 0 N–H and O–H groups in total. The molecule has 0 radical (unpaired) electrons. The van der Waals surface area contributed by atoms with Crippen LogP contribution in [-0.4, -0.2) is 12.7 Å². The van der Waals surface area contributed by atoms with Gasteiger partial charge in [0.1, 0.15) is 0 Å². The molecular formula is C11H20O. The molecule has 0 saturated heterocycles. The van der Waals surface area contributed by atoms with Gasteiger partial charge in [0.05, 0.1) is 5.60 Å². The maximum atomic E-state index is 5.64. The first kappa shape index (κ1) is 8.55. The number of ether oxygens (including phenoxy) is 1. The Bertz CT molecular complexity index is 142. The van der Waals surface area contributed by atoms with Crippen LogP contribution in [0.2, 0.25) is 0 Å². The first-order valence-electron chi connectivity index (χ1n) is 5.27. The first-order valence-corrected chi connectivity index (χ1v) is 5.27. The van der Waals surface area contributed by atoms with Gasteiger partial charge in [-0.25, -0.2) is 0 Å². The summed E-state index contributed by atoms with van der Waals surface area (Å²) in [7, 11) is 1.88. The van der Waals surface area contributed by atoms with E-state index in [9.17, 15) is 0 Å². The van der Waals surface area contributed by atoms with E-state index in [0.717, 1.165) is 11.8 Å². The van der Waals surface area contributed by atoms with Gasteiger partial charge in [-0.3, -0.25) is 0 Å². The lowest BCUT2D eigenvalue weighted by atomic mass is 9.92.